The van der Waals surface area contributed by atoms with Gasteiger partial charge in [0.1, 0.15) is 0 Å². The lowest BCUT2D eigenvalue weighted by Gasteiger charge is -2.23. The Labute approximate surface area is 104 Å². The molecule has 2 rings (SSSR count). The van der Waals surface area contributed by atoms with Crippen LogP contribution in [0.1, 0.15) is 6.42 Å². The molecule has 1 saturated heterocycles. The number of anilines is 1. The van der Waals surface area contributed by atoms with Crippen molar-refractivity contribution in [3.05, 3.63) is 28.7 Å². The Balaban J connectivity index is 2.03. The van der Waals surface area contributed by atoms with E-state index in [1.54, 1.807) is 0 Å². The summed E-state index contributed by atoms with van der Waals surface area (Å²) in [7, 11) is 0. The third-order valence-corrected chi connectivity index (χ3v) is 3.69. The fourth-order valence-electron chi connectivity index (χ4n) is 2.02. The molecule has 2 atom stereocenters. The van der Waals surface area contributed by atoms with Crippen LogP contribution in [0.3, 0.4) is 0 Å². The summed E-state index contributed by atoms with van der Waals surface area (Å²) < 4.78 is 6.48. The van der Waals surface area contributed by atoms with Crippen LogP contribution in [0.15, 0.2) is 28.7 Å². The number of halogens is 1. The van der Waals surface area contributed by atoms with Crippen LogP contribution in [0.25, 0.3) is 0 Å². The lowest BCUT2D eigenvalue weighted by Crippen LogP contribution is -2.36. The first-order valence-corrected chi connectivity index (χ1v) is 6.39. The second-order valence-corrected chi connectivity index (χ2v) is 4.94. The largest absolute Gasteiger partial charge is 0.381 e. The highest BCUT2D eigenvalue weighted by Crippen LogP contribution is 2.25. The number of para-hydroxylation sites is 1. The molecule has 0 saturated carbocycles. The van der Waals surface area contributed by atoms with Gasteiger partial charge in [0.25, 0.3) is 0 Å². The Morgan fingerprint density at radius 2 is 2.31 bits per heavy atom. The quantitative estimate of drug-likeness (QED) is 0.891. The van der Waals surface area contributed by atoms with Crippen LogP contribution in [0.2, 0.25) is 0 Å². The Morgan fingerprint density at radius 3 is 2.94 bits per heavy atom. The lowest BCUT2D eigenvalue weighted by atomic mass is 9.99. The molecule has 0 aromatic heterocycles. The number of nitrogens with one attached hydrogen (secondary N) is 1. The van der Waals surface area contributed by atoms with E-state index >= 15 is 0 Å². The smallest absolute Gasteiger partial charge is 0.0515 e. The van der Waals surface area contributed by atoms with E-state index in [-0.39, 0.29) is 0 Å². The molecule has 16 heavy (non-hydrogen) atoms. The molecule has 0 amide bonds. The number of benzene rings is 1. The highest BCUT2D eigenvalue weighted by molar-refractivity contribution is 9.10. The fourth-order valence-corrected chi connectivity index (χ4v) is 2.42. The summed E-state index contributed by atoms with van der Waals surface area (Å²) in [5.41, 5.74) is 6.92. The molecule has 0 aliphatic carbocycles. The Kier molecular flexibility index (Phi) is 4.21. The molecule has 2 unspecified atom stereocenters. The molecule has 1 aliphatic rings. The van der Waals surface area contributed by atoms with Crippen LogP contribution in [0.5, 0.6) is 0 Å². The summed E-state index contributed by atoms with van der Waals surface area (Å²) in [5.74, 6) is 0.525. The zero-order valence-electron chi connectivity index (χ0n) is 9.16. The van der Waals surface area contributed by atoms with Crippen molar-refractivity contribution in [2.24, 2.45) is 11.7 Å². The fraction of sp³-hybridized carbons (Fsp3) is 0.500. The molecule has 3 N–H and O–H groups in total. The van der Waals surface area contributed by atoms with E-state index in [4.69, 9.17) is 10.5 Å². The normalized spacial score (nSPS) is 22.0. The minimum atomic E-state index is 0.293. The summed E-state index contributed by atoms with van der Waals surface area (Å²) in [6, 6.07) is 8.40. The molecule has 0 radical (unpaired) electrons. The van der Waals surface area contributed by atoms with E-state index < -0.39 is 0 Å². The van der Waals surface area contributed by atoms with Crippen molar-refractivity contribution in [1.82, 2.24) is 0 Å². The summed E-state index contributed by atoms with van der Waals surface area (Å²) in [5, 5.41) is 3.49. The predicted molar refractivity (Wildman–Crippen MR) is 69.5 cm³/mol. The molecule has 0 spiro atoms. The van der Waals surface area contributed by atoms with Gasteiger partial charge in [0.05, 0.1) is 6.61 Å². The van der Waals surface area contributed by atoms with Gasteiger partial charge in [-0.25, -0.2) is 0 Å². The standard InChI is InChI=1S/C12H17BrN2O/c13-10-3-1-2-4-11(10)15-12(7-14)9-5-6-16-8-9/h1-4,9,12,15H,5-8,14H2. The minimum Gasteiger partial charge on any atom is -0.381 e. The van der Waals surface area contributed by atoms with Gasteiger partial charge in [-0.3, -0.25) is 0 Å². The first kappa shape index (κ1) is 11.9. The minimum absolute atomic E-state index is 0.293. The third-order valence-electron chi connectivity index (χ3n) is 3.00. The highest BCUT2D eigenvalue weighted by atomic mass is 79.9. The third kappa shape index (κ3) is 2.75. The Hall–Kier alpha value is -0.580. The van der Waals surface area contributed by atoms with E-state index in [0.717, 1.165) is 29.8 Å². The van der Waals surface area contributed by atoms with E-state index in [0.29, 0.717) is 18.5 Å². The van der Waals surface area contributed by atoms with Gasteiger partial charge in [0, 0.05) is 35.3 Å². The van der Waals surface area contributed by atoms with Crippen molar-refractivity contribution in [1.29, 1.82) is 0 Å². The second kappa shape index (κ2) is 5.66. The number of rotatable bonds is 4. The first-order valence-electron chi connectivity index (χ1n) is 5.60. The SMILES string of the molecule is NCC(Nc1ccccc1Br)C1CCOC1. The van der Waals surface area contributed by atoms with Crippen LogP contribution < -0.4 is 11.1 Å². The van der Waals surface area contributed by atoms with Crippen molar-refractivity contribution in [2.75, 3.05) is 25.1 Å². The number of hydrogen-bond donors (Lipinski definition) is 2. The van der Waals surface area contributed by atoms with Crippen molar-refractivity contribution < 1.29 is 4.74 Å². The molecule has 1 aliphatic heterocycles. The average molecular weight is 285 g/mol. The maximum absolute atomic E-state index is 5.82. The zero-order valence-corrected chi connectivity index (χ0v) is 10.7. The van der Waals surface area contributed by atoms with Crippen molar-refractivity contribution in [2.45, 2.75) is 12.5 Å². The van der Waals surface area contributed by atoms with Gasteiger partial charge in [-0.2, -0.15) is 0 Å². The maximum atomic E-state index is 5.82. The summed E-state index contributed by atoms with van der Waals surface area (Å²) in [6.07, 6.45) is 1.10. The second-order valence-electron chi connectivity index (χ2n) is 4.09. The molecule has 1 aromatic carbocycles. The Bertz CT molecular complexity index is 340. The van der Waals surface area contributed by atoms with Gasteiger partial charge in [-0.15, -0.1) is 0 Å². The van der Waals surface area contributed by atoms with E-state index in [1.165, 1.54) is 0 Å². The zero-order chi connectivity index (χ0) is 11.4. The monoisotopic (exact) mass is 284 g/mol. The average Bonchev–Trinajstić information content (AvgIpc) is 2.81. The lowest BCUT2D eigenvalue weighted by molar-refractivity contribution is 0.182. The van der Waals surface area contributed by atoms with Gasteiger partial charge in [0.2, 0.25) is 0 Å². The van der Waals surface area contributed by atoms with Crippen LogP contribution >= 0.6 is 15.9 Å². The summed E-state index contributed by atoms with van der Waals surface area (Å²) in [4.78, 5) is 0. The van der Waals surface area contributed by atoms with Gasteiger partial charge in [-0.1, -0.05) is 12.1 Å². The van der Waals surface area contributed by atoms with E-state index in [9.17, 15) is 0 Å². The van der Waals surface area contributed by atoms with E-state index in [1.807, 2.05) is 18.2 Å². The van der Waals surface area contributed by atoms with Gasteiger partial charge >= 0.3 is 0 Å². The molecule has 1 heterocycles. The van der Waals surface area contributed by atoms with Gasteiger partial charge in [0.15, 0.2) is 0 Å². The van der Waals surface area contributed by atoms with Crippen LogP contribution in [0.4, 0.5) is 5.69 Å². The van der Waals surface area contributed by atoms with Crippen LogP contribution in [-0.2, 0) is 4.74 Å². The van der Waals surface area contributed by atoms with Gasteiger partial charge < -0.3 is 15.8 Å². The highest BCUT2D eigenvalue weighted by Gasteiger charge is 2.24. The molecule has 1 aromatic rings. The Morgan fingerprint density at radius 1 is 1.50 bits per heavy atom. The number of nitrogens with two attached hydrogens (primary N) is 1. The van der Waals surface area contributed by atoms with Crippen molar-refractivity contribution >= 4 is 21.6 Å². The summed E-state index contributed by atoms with van der Waals surface area (Å²) >= 11 is 3.53. The van der Waals surface area contributed by atoms with Crippen molar-refractivity contribution in [3.63, 3.8) is 0 Å². The molecule has 1 fully saturated rings. The summed E-state index contributed by atoms with van der Waals surface area (Å²) in [6.45, 7) is 2.31. The van der Waals surface area contributed by atoms with Crippen molar-refractivity contribution in [3.8, 4) is 0 Å². The van der Waals surface area contributed by atoms with Gasteiger partial charge in [-0.05, 0) is 34.5 Å². The molecular weight excluding hydrogens is 268 g/mol. The number of ether oxygens (including phenoxy) is 1. The molecule has 3 nitrogen and oxygen atoms in total. The van der Waals surface area contributed by atoms with Crippen LogP contribution in [0, 0.1) is 5.92 Å². The first-order chi connectivity index (χ1) is 7.81. The number of hydrogen-bond acceptors (Lipinski definition) is 3. The topological polar surface area (TPSA) is 47.3 Å². The molecular formula is C12H17BrN2O. The molecule has 0 bridgehead atoms. The van der Waals surface area contributed by atoms with Crippen LogP contribution in [-0.4, -0.2) is 25.8 Å². The maximum Gasteiger partial charge on any atom is 0.0515 e. The molecule has 4 heteroatoms. The molecule has 88 valence electrons. The van der Waals surface area contributed by atoms with E-state index in [2.05, 4.69) is 27.3 Å². The predicted octanol–water partition coefficient (Wildman–Crippen LogP) is 2.22.